The maximum absolute atomic E-state index is 10.5. The molecule has 0 aromatic carbocycles. The fraction of sp³-hybridized carbons (Fsp3) is 0.333. The number of hydrogen-bond donors (Lipinski definition) is 1. The minimum atomic E-state index is -3.40. The SMILES string of the molecule is NS(=O)(=O)CCc1ncccn1. The molecule has 1 rings (SSSR count). The Bertz CT molecular complexity index is 335. The predicted molar refractivity (Wildman–Crippen MR) is 43.7 cm³/mol. The van der Waals surface area contributed by atoms with Gasteiger partial charge in [0.25, 0.3) is 0 Å². The second-order valence-electron chi connectivity index (χ2n) is 2.28. The topological polar surface area (TPSA) is 85.9 Å². The molecule has 0 amide bonds. The Morgan fingerprint density at radius 1 is 1.33 bits per heavy atom. The Hall–Kier alpha value is -1.01. The Morgan fingerprint density at radius 3 is 2.42 bits per heavy atom. The van der Waals surface area contributed by atoms with E-state index in [2.05, 4.69) is 9.97 Å². The van der Waals surface area contributed by atoms with Crippen molar-refractivity contribution in [3.8, 4) is 0 Å². The highest BCUT2D eigenvalue weighted by Gasteiger charge is 2.03. The molecule has 0 aliphatic heterocycles. The molecule has 12 heavy (non-hydrogen) atoms. The molecule has 66 valence electrons. The van der Waals surface area contributed by atoms with Crippen LogP contribution in [0, 0.1) is 0 Å². The van der Waals surface area contributed by atoms with Gasteiger partial charge in [0.1, 0.15) is 5.82 Å². The predicted octanol–water partition coefficient (Wildman–Crippen LogP) is -0.692. The third kappa shape index (κ3) is 3.40. The summed E-state index contributed by atoms with van der Waals surface area (Å²) < 4.78 is 21.1. The summed E-state index contributed by atoms with van der Waals surface area (Å²) >= 11 is 0. The molecule has 6 heteroatoms. The van der Waals surface area contributed by atoms with Gasteiger partial charge in [-0.05, 0) is 6.07 Å². The van der Waals surface area contributed by atoms with Gasteiger partial charge in [0, 0.05) is 18.8 Å². The number of nitrogens with two attached hydrogens (primary N) is 1. The van der Waals surface area contributed by atoms with E-state index < -0.39 is 10.0 Å². The molecule has 0 saturated heterocycles. The second kappa shape index (κ2) is 3.59. The Balaban J connectivity index is 2.56. The van der Waals surface area contributed by atoms with Crippen LogP contribution in [0.5, 0.6) is 0 Å². The van der Waals surface area contributed by atoms with Gasteiger partial charge < -0.3 is 0 Å². The summed E-state index contributed by atoms with van der Waals surface area (Å²) in [5, 5.41) is 4.80. The minimum absolute atomic E-state index is 0.114. The average Bonchev–Trinajstić information content (AvgIpc) is 2.02. The van der Waals surface area contributed by atoms with E-state index in [9.17, 15) is 8.42 Å². The first-order chi connectivity index (χ1) is 5.58. The van der Waals surface area contributed by atoms with Crippen molar-refractivity contribution in [3.63, 3.8) is 0 Å². The van der Waals surface area contributed by atoms with Crippen molar-refractivity contribution in [1.82, 2.24) is 9.97 Å². The van der Waals surface area contributed by atoms with Crippen LogP contribution >= 0.6 is 0 Å². The lowest BCUT2D eigenvalue weighted by atomic mass is 10.4. The zero-order chi connectivity index (χ0) is 9.03. The molecule has 0 spiro atoms. The van der Waals surface area contributed by atoms with Gasteiger partial charge in [0.2, 0.25) is 10.0 Å². The van der Waals surface area contributed by atoms with Gasteiger partial charge >= 0.3 is 0 Å². The molecule has 0 saturated carbocycles. The largest absolute Gasteiger partial charge is 0.241 e. The van der Waals surface area contributed by atoms with Crippen molar-refractivity contribution in [2.75, 3.05) is 5.75 Å². The molecule has 1 heterocycles. The lowest BCUT2D eigenvalue weighted by molar-refractivity contribution is 0.596. The Kier molecular flexibility index (Phi) is 2.72. The fourth-order valence-electron chi connectivity index (χ4n) is 0.693. The highest BCUT2D eigenvalue weighted by molar-refractivity contribution is 7.89. The minimum Gasteiger partial charge on any atom is -0.241 e. The van der Waals surface area contributed by atoms with Crippen molar-refractivity contribution in [1.29, 1.82) is 0 Å². The van der Waals surface area contributed by atoms with Crippen molar-refractivity contribution in [2.45, 2.75) is 6.42 Å². The van der Waals surface area contributed by atoms with E-state index in [1.807, 2.05) is 0 Å². The van der Waals surface area contributed by atoms with Crippen molar-refractivity contribution < 1.29 is 8.42 Å². The Labute approximate surface area is 70.7 Å². The lowest BCUT2D eigenvalue weighted by Crippen LogP contribution is -2.18. The smallest absolute Gasteiger partial charge is 0.209 e. The van der Waals surface area contributed by atoms with Gasteiger partial charge in [-0.1, -0.05) is 0 Å². The molecule has 0 unspecified atom stereocenters. The first-order valence-electron chi connectivity index (χ1n) is 3.34. The monoisotopic (exact) mass is 187 g/mol. The maximum atomic E-state index is 10.5. The first kappa shape index (κ1) is 9.08. The summed E-state index contributed by atoms with van der Waals surface area (Å²) in [7, 11) is -3.40. The van der Waals surface area contributed by atoms with Crippen LogP contribution in [0.2, 0.25) is 0 Å². The number of primary sulfonamides is 1. The van der Waals surface area contributed by atoms with E-state index in [1.165, 1.54) is 0 Å². The molecule has 1 aromatic rings. The quantitative estimate of drug-likeness (QED) is 0.678. The molecule has 0 radical (unpaired) electrons. The molecule has 2 N–H and O–H groups in total. The number of sulfonamides is 1. The van der Waals surface area contributed by atoms with Gasteiger partial charge in [-0.2, -0.15) is 0 Å². The van der Waals surface area contributed by atoms with Crippen LogP contribution in [0.25, 0.3) is 0 Å². The highest BCUT2D eigenvalue weighted by Crippen LogP contribution is 1.90. The van der Waals surface area contributed by atoms with Crippen LogP contribution < -0.4 is 5.14 Å². The normalized spacial score (nSPS) is 11.4. The van der Waals surface area contributed by atoms with Crippen molar-refractivity contribution >= 4 is 10.0 Å². The van der Waals surface area contributed by atoms with E-state index in [1.54, 1.807) is 18.5 Å². The molecular formula is C6H9N3O2S. The zero-order valence-electron chi connectivity index (χ0n) is 6.34. The second-order valence-corrected chi connectivity index (χ2v) is 4.02. The average molecular weight is 187 g/mol. The van der Waals surface area contributed by atoms with Gasteiger partial charge in [-0.15, -0.1) is 0 Å². The van der Waals surface area contributed by atoms with Gasteiger partial charge in [0.15, 0.2) is 0 Å². The van der Waals surface area contributed by atoms with Crippen LogP contribution in [0.1, 0.15) is 5.82 Å². The first-order valence-corrected chi connectivity index (χ1v) is 5.06. The van der Waals surface area contributed by atoms with E-state index in [4.69, 9.17) is 5.14 Å². The highest BCUT2D eigenvalue weighted by atomic mass is 32.2. The van der Waals surface area contributed by atoms with E-state index in [-0.39, 0.29) is 12.2 Å². The van der Waals surface area contributed by atoms with E-state index in [0.29, 0.717) is 5.82 Å². The van der Waals surface area contributed by atoms with Gasteiger partial charge in [-0.25, -0.2) is 23.5 Å². The molecule has 0 bridgehead atoms. The molecule has 1 aromatic heterocycles. The van der Waals surface area contributed by atoms with Crippen molar-refractivity contribution in [2.24, 2.45) is 5.14 Å². The summed E-state index contributed by atoms with van der Waals surface area (Å²) in [6.45, 7) is 0. The lowest BCUT2D eigenvalue weighted by Gasteiger charge is -1.96. The third-order valence-electron chi connectivity index (χ3n) is 1.23. The van der Waals surface area contributed by atoms with Crippen molar-refractivity contribution in [3.05, 3.63) is 24.3 Å². The van der Waals surface area contributed by atoms with Crippen LogP contribution in [0.15, 0.2) is 18.5 Å². The third-order valence-corrected chi connectivity index (χ3v) is 2.00. The summed E-state index contributed by atoms with van der Waals surface area (Å²) in [5.41, 5.74) is 0. The standard InChI is InChI=1S/C6H9N3O2S/c7-12(10,11)5-2-6-8-3-1-4-9-6/h1,3-4H,2,5H2,(H2,7,10,11). The zero-order valence-corrected chi connectivity index (χ0v) is 7.16. The number of hydrogen-bond acceptors (Lipinski definition) is 4. The number of nitrogens with zero attached hydrogens (tertiary/aromatic N) is 2. The molecule has 0 atom stereocenters. The Morgan fingerprint density at radius 2 is 1.92 bits per heavy atom. The molecular weight excluding hydrogens is 178 g/mol. The molecule has 0 aliphatic rings. The van der Waals surface area contributed by atoms with Crippen LogP contribution in [0.3, 0.4) is 0 Å². The van der Waals surface area contributed by atoms with Crippen LogP contribution in [-0.2, 0) is 16.4 Å². The molecule has 0 aliphatic carbocycles. The van der Waals surface area contributed by atoms with Crippen LogP contribution in [0.4, 0.5) is 0 Å². The summed E-state index contributed by atoms with van der Waals surface area (Å²) in [4.78, 5) is 7.70. The van der Waals surface area contributed by atoms with Crippen LogP contribution in [-0.4, -0.2) is 24.1 Å². The number of aromatic nitrogens is 2. The van der Waals surface area contributed by atoms with Gasteiger partial charge in [-0.3, -0.25) is 0 Å². The van der Waals surface area contributed by atoms with E-state index in [0.717, 1.165) is 0 Å². The molecule has 0 fully saturated rings. The van der Waals surface area contributed by atoms with E-state index >= 15 is 0 Å². The summed E-state index contributed by atoms with van der Waals surface area (Å²) in [5.74, 6) is 0.378. The van der Waals surface area contributed by atoms with Gasteiger partial charge in [0.05, 0.1) is 5.75 Å². The summed E-state index contributed by atoms with van der Waals surface area (Å²) in [6.07, 6.45) is 3.39. The number of rotatable bonds is 3. The summed E-state index contributed by atoms with van der Waals surface area (Å²) in [6, 6.07) is 1.67. The molecule has 5 nitrogen and oxygen atoms in total. The maximum Gasteiger partial charge on any atom is 0.209 e. The fourth-order valence-corrected chi connectivity index (χ4v) is 1.16. The number of aryl methyl sites for hydroxylation is 1.